The van der Waals surface area contributed by atoms with Crippen LogP contribution in [0, 0.1) is 0 Å². The molecule has 1 aromatic rings. The zero-order valence-corrected chi connectivity index (χ0v) is 10.7. The summed E-state index contributed by atoms with van der Waals surface area (Å²) in [5.74, 6) is 1.21. The number of carboxylic acid groups (broad SMARTS) is 2. The second-order valence-electron chi connectivity index (χ2n) is 3.25. The SMILES string of the molecule is NOC/C=C/Cc1cccc(Cl)c1.O=C(O)C(=O)O. The molecule has 0 spiro atoms. The highest BCUT2D eigenvalue weighted by Crippen LogP contribution is 2.11. The Labute approximate surface area is 115 Å². The number of benzene rings is 1. The van der Waals surface area contributed by atoms with Crippen LogP contribution in [0.25, 0.3) is 0 Å². The molecule has 19 heavy (non-hydrogen) atoms. The minimum absolute atomic E-state index is 0.445. The van der Waals surface area contributed by atoms with Crippen molar-refractivity contribution in [1.29, 1.82) is 0 Å². The molecule has 0 saturated heterocycles. The van der Waals surface area contributed by atoms with Crippen LogP contribution in [-0.2, 0) is 20.8 Å². The lowest BCUT2D eigenvalue weighted by molar-refractivity contribution is -0.159. The van der Waals surface area contributed by atoms with E-state index in [1.807, 2.05) is 36.4 Å². The first-order chi connectivity index (χ1) is 8.97. The summed E-state index contributed by atoms with van der Waals surface area (Å²) in [4.78, 5) is 22.6. The molecule has 0 heterocycles. The topological polar surface area (TPSA) is 110 Å². The van der Waals surface area contributed by atoms with Crippen LogP contribution in [-0.4, -0.2) is 28.8 Å². The van der Waals surface area contributed by atoms with Gasteiger partial charge in [0.1, 0.15) is 0 Å². The molecule has 1 aromatic carbocycles. The highest BCUT2D eigenvalue weighted by Gasteiger charge is 2.04. The molecule has 0 aromatic heterocycles. The maximum atomic E-state index is 9.10. The molecule has 7 heteroatoms. The second-order valence-corrected chi connectivity index (χ2v) is 3.69. The van der Waals surface area contributed by atoms with Gasteiger partial charge in [-0.15, -0.1) is 0 Å². The average molecular weight is 288 g/mol. The third kappa shape index (κ3) is 9.78. The minimum Gasteiger partial charge on any atom is -0.473 e. The smallest absolute Gasteiger partial charge is 0.414 e. The van der Waals surface area contributed by atoms with Gasteiger partial charge >= 0.3 is 11.9 Å². The Kier molecular flexibility index (Phi) is 9.07. The normalized spacial score (nSPS) is 9.79. The zero-order valence-electron chi connectivity index (χ0n) is 9.95. The summed E-state index contributed by atoms with van der Waals surface area (Å²) in [6, 6.07) is 7.76. The fourth-order valence-corrected chi connectivity index (χ4v) is 1.22. The summed E-state index contributed by atoms with van der Waals surface area (Å²) in [7, 11) is 0. The number of nitrogens with two attached hydrogens (primary N) is 1. The van der Waals surface area contributed by atoms with E-state index in [9.17, 15) is 0 Å². The van der Waals surface area contributed by atoms with Crippen molar-refractivity contribution in [2.75, 3.05) is 6.61 Å². The van der Waals surface area contributed by atoms with Crippen molar-refractivity contribution in [2.45, 2.75) is 6.42 Å². The Balaban J connectivity index is 0.000000459. The molecule has 1 rings (SSSR count). The van der Waals surface area contributed by atoms with Gasteiger partial charge < -0.3 is 15.1 Å². The summed E-state index contributed by atoms with van der Waals surface area (Å²) in [6.45, 7) is 0.445. The number of hydrogen-bond donors (Lipinski definition) is 3. The Bertz CT molecular complexity index is 436. The number of carbonyl (C=O) groups is 2. The van der Waals surface area contributed by atoms with Crippen LogP contribution >= 0.6 is 11.6 Å². The first kappa shape index (κ1) is 17.1. The standard InChI is InChI=1S/C10H12ClNO.C2H2O4/c11-10-6-3-5-9(8-10)4-1-2-7-13-12;3-1(4)2(5)6/h1-3,5-6,8H,4,7,12H2;(H,3,4)(H,5,6)/b2-1+;. The van der Waals surface area contributed by atoms with Gasteiger partial charge in [-0.05, 0) is 24.1 Å². The Morgan fingerprint density at radius 2 is 1.89 bits per heavy atom. The van der Waals surface area contributed by atoms with Gasteiger partial charge in [0.15, 0.2) is 0 Å². The van der Waals surface area contributed by atoms with Crippen molar-refractivity contribution >= 4 is 23.5 Å². The Morgan fingerprint density at radius 3 is 2.37 bits per heavy atom. The van der Waals surface area contributed by atoms with Crippen molar-refractivity contribution < 1.29 is 24.6 Å². The van der Waals surface area contributed by atoms with E-state index in [4.69, 9.17) is 37.3 Å². The summed E-state index contributed by atoms with van der Waals surface area (Å²) in [5.41, 5.74) is 1.18. The molecule has 0 aliphatic heterocycles. The summed E-state index contributed by atoms with van der Waals surface area (Å²) < 4.78 is 0. The lowest BCUT2D eigenvalue weighted by Gasteiger charge is -1.96. The number of carboxylic acids is 2. The summed E-state index contributed by atoms with van der Waals surface area (Å²) in [6.07, 6.45) is 4.73. The van der Waals surface area contributed by atoms with Gasteiger partial charge in [0.05, 0.1) is 6.61 Å². The molecule has 104 valence electrons. The maximum Gasteiger partial charge on any atom is 0.414 e. The van der Waals surface area contributed by atoms with Crippen LogP contribution in [0.3, 0.4) is 0 Å². The van der Waals surface area contributed by atoms with E-state index in [1.54, 1.807) is 0 Å². The third-order valence-corrected chi connectivity index (χ3v) is 2.02. The molecular weight excluding hydrogens is 274 g/mol. The molecular formula is C12H14ClNO5. The number of halogens is 1. The van der Waals surface area contributed by atoms with Crippen molar-refractivity contribution in [2.24, 2.45) is 5.90 Å². The van der Waals surface area contributed by atoms with E-state index < -0.39 is 11.9 Å². The molecule has 0 saturated carbocycles. The van der Waals surface area contributed by atoms with E-state index in [2.05, 4.69) is 4.84 Å². The van der Waals surface area contributed by atoms with Crippen LogP contribution < -0.4 is 5.90 Å². The number of hydrogen-bond acceptors (Lipinski definition) is 4. The quantitative estimate of drug-likeness (QED) is 0.439. The van der Waals surface area contributed by atoms with Gasteiger partial charge in [-0.2, -0.15) is 0 Å². The fraction of sp³-hybridized carbons (Fsp3) is 0.167. The van der Waals surface area contributed by atoms with Gasteiger partial charge in [0, 0.05) is 5.02 Å². The van der Waals surface area contributed by atoms with E-state index in [1.165, 1.54) is 5.56 Å². The fourth-order valence-electron chi connectivity index (χ4n) is 1.01. The lowest BCUT2D eigenvalue weighted by Crippen LogP contribution is -2.09. The lowest BCUT2D eigenvalue weighted by atomic mass is 10.1. The van der Waals surface area contributed by atoms with Crippen molar-refractivity contribution in [3.8, 4) is 0 Å². The molecule has 4 N–H and O–H groups in total. The van der Waals surface area contributed by atoms with Gasteiger partial charge in [0.2, 0.25) is 0 Å². The molecule has 0 fully saturated rings. The maximum absolute atomic E-state index is 9.10. The van der Waals surface area contributed by atoms with Gasteiger partial charge in [0.25, 0.3) is 0 Å². The predicted octanol–water partition coefficient (Wildman–Crippen LogP) is 1.48. The Morgan fingerprint density at radius 1 is 1.26 bits per heavy atom. The third-order valence-electron chi connectivity index (χ3n) is 1.78. The van der Waals surface area contributed by atoms with E-state index in [0.717, 1.165) is 11.4 Å². The molecule has 0 amide bonds. The van der Waals surface area contributed by atoms with Crippen LogP contribution in [0.1, 0.15) is 5.56 Å². The zero-order chi connectivity index (χ0) is 14.7. The van der Waals surface area contributed by atoms with Crippen LogP contribution in [0.2, 0.25) is 5.02 Å². The minimum atomic E-state index is -1.82. The number of rotatable bonds is 4. The van der Waals surface area contributed by atoms with Gasteiger partial charge in [-0.3, -0.25) is 0 Å². The monoisotopic (exact) mass is 287 g/mol. The van der Waals surface area contributed by atoms with E-state index >= 15 is 0 Å². The van der Waals surface area contributed by atoms with E-state index in [-0.39, 0.29) is 0 Å². The second kappa shape index (κ2) is 10.1. The largest absolute Gasteiger partial charge is 0.473 e. The molecule has 6 nitrogen and oxygen atoms in total. The van der Waals surface area contributed by atoms with Crippen LogP contribution in [0.5, 0.6) is 0 Å². The van der Waals surface area contributed by atoms with Gasteiger partial charge in [-0.25, -0.2) is 15.5 Å². The molecule has 0 aliphatic rings. The van der Waals surface area contributed by atoms with Crippen LogP contribution in [0.4, 0.5) is 0 Å². The molecule has 0 bridgehead atoms. The molecule has 0 radical (unpaired) electrons. The van der Waals surface area contributed by atoms with Gasteiger partial charge in [-0.1, -0.05) is 35.9 Å². The molecule has 0 aliphatic carbocycles. The average Bonchev–Trinajstić information content (AvgIpc) is 2.35. The highest BCUT2D eigenvalue weighted by molar-refractivity contribution is 6.30. The van der Waals surface area contributed by atoms with Crippen molar-refractivity contribution in [3.05, 3.63) is 47.0 Å². The number of allylic oxidation sites excluding steroid dienone is 1. The number of aliphatic carboxylic acids is 2. The Hall–Kier alpha value is -1.89. The highest BCUT2D eigenvalue weighted by atomic mass is 35.5. The van der Waals surface area contributed by atoms with E-state index in [0.29, 0.717) is 6.61 Å². The van der Waals surface area contributed by atoms with Crippen LogP contribution in [0.15, 0.2) is 36.4 Å². The molecule has 0 unspecified atom stereocenters. The first-order valence-electron chi connectivity index (χ1n) is 5.14. The summed E-state index contributed by atoms with van der Waals surface area (Å²) in [5, 5.41) is 15.5. The summed E-state index contributed by atoms with van der Waals surface area (Å²) >= 11 is 5.82. The molecule has 0 atom stereocenters. The van der Waals surface area contributed by atoms with Crippen molar-refractivity contribution in [1.82, 2.24) is 0 Å². The predicted molar refractivity (Wildman–Crippen MR) is 69.7 cm³/mol. The van der Waals surface area contributed by atoms with Crippen molar-refractivity contribution in [3.63, 3.8) is 0 Å². The first-order valence-corrected chi connectivity index (χ1v) is 5.52.